The summed E-state index contributed by atoms with van der Waals surface area (Å²) >= 11 is 5.95. The van der Waals surface area contributed by atoms with Gasteiger partial charge < -0.3 is 9.88 Å². The number of hydrogen-bond donors (Lipinski definition) is 1. The normalized spacial score (nSPS) is 11.7. The predicted molar refractivity (Wildman–Crippen MR) is 118 cm³/mol. The summed E-state index contributed by atoms with van der Waals surface area (Å²) < 4.78 is 2.05. The van der Waals surface area contributed by atoms with E-state index in [0.717, 1.165) is 27.3 Å². The molecule has 0 aliphatic rings. The lowest BCUT2D eigenvalue weighted by Gasteiger charge is -2.13. The zero-order chi connectivity index (χ0) is 19.5. The predicted octanol–water partition coefficient (Wildman–Crippen LogP) is 5.05. The van der Waals surface area contributed by atoms with Crippen molar-refractivity contribution in [1.29, 1.82) is 0 Å². The number of carbonyl (C=O) groups excluding carboxylic acids is 1. The van der Waals surface area contributed by atoms with Gasteiger partial charge in [0, 0.05) is 23.3 Å². The van der Waals surface area contributed by atoms with E-state index in [9.17, 15) is 4.79 Å². The zero-order valence-electron chi connectivity index (χ0n) is 15.7. The molecular formula is C22H20Cl2N4O. The van der Waals surface area contributed by atoms with Gasteiger partial charge in [0.2, 0.25) is 0 Å². The third kappa shape index (κ3) is 4.75. The number of rotatable bonds is 5. The molecule has 2 heterocycles. The first-order chi connectivity index (χ1) is 13.6. The minimum Gasteiger partial charge on any atom is -0.344 e. The van der Waals surface area contributed by atoms with Crippen LogP contribution in [0, 0.1) is 0 Å². The van der Waals surface area contributed by atoms with Gasteiger partial charge in [-0.2, -0.15) is 0 Å². The van der Waals surface area contributed by atoms with Crippen LogP contribution >= 0.6 is 24.0 Å². The summed E-state index contributed by atoms with van der Waals surface area (Å²) in [6, 6.07) is 18.8. The standard InChI is InChI=1S/C22H19ClN4O.ClH/c1-15(19-4-2-3-11-24-19)26-22(28)17-7-10-21-20(12-17)25-14-27(21)13-16-5-8-18(23)9-6-16;/h2-12,14-15H,13H2,1H3,(H,26,28);1H/t15-;/m1./s1. The third-order valence-corrected chi connectivity index (χ3v) is 4.88. The molecule has 4 aromatic rings. The van der Waals surface area contributed by atoms with Crippen molar-refractivity contribution in [3.8, 4) is 0 Å². The first-order valence-electron chi connectivity index (χ1n) is 9.01. The summed E-state index contributed by atoms with van der Waals surface area (Å²) in [6.07, 6.45) is 3.51. The summed E-state index contributed by atoms with van der Waals surface area (Å²) in [6.45, 7) is 2.61. The molecule has 5 nitrogen and oxygen atoms in total. The minimum absolute atomic E-state index is 0. The van der Waals surface area contributed by atoms with Gasteiger partial charge in [0.1, 0.15) is 0 Å². The van der Waals surface area contributed by atoms with Gasteiger partial charge in [-0.1, -0.05) is 29.8 Å². The molecule has 0 saturated heterocycles. The van der Waals surface area contributed by atoms with Gasteiger partial charge in [0.05, 0.1) is 29.1 Å². The van der Waals surface area contributed by atoms with E-state index in [1.54, 1.807) is 12.5 Å². The SMILES string of the molecule is C[C@@H](NC(=O)c1ccc2c(c1)ncn2Cc1ccc(Cl)cc1)c1ccccn1.Cl. The second-order valence-corrected chi connectivity index (χ2v) is 7.09. The van der Waals surface area contributed by atoms with Crippen LogP contribution in [0.4, 0.5) is 0 Å². The van der Waals surface area contributed by atoms with E-state index in [2.05, 4.69) is 19.9 Å². The molecule has 148 valence electrons. The Morgan fingerprint density at radius 2 is 1.90 bits per heavy atom. The maximum absolute atomic E-state index is 12.6. The molecule has 4 rings (SSSR count). The number of imidazole rings is 1. The smallest absolute Gasteiger partial charge is 0.251 e. The Balaban J connectivity index is 0.00000240. The van der Waals surface area contributed by atoms with Crippen molar-refractivity contribution in [3.63, 3.8) is 0 Å². The summed E-state index contributed by atoms with van der Waals surface area (Å²) in [5.41, 5.74) is 4.29. The van der Waals surface area contributed by atoms with Crippen LogP contribution in [0.3, 0.4) is 0 Å². The van der Waals surface area contributed by atoms with Crippen LogP contribution in [0.2, 0.25) is 5.02 Å². The molecule has 2 aromatic heterocycles. The Hall–Kier alpha value is -2.89. The van der Waals surface area contributed by atoms with E-state index >= 15 is 0 Å². The van der Waals surface area contributed by atoms with Crippen molar-refractivity contribution in [2.45, 2.75) is 19.5 Å². The molecular weight excluding hydrogens is 407 g/mol. The van der Waals surface area contributed by atoms with E-state index in [4.69, 9.17) is 11.6 Å². The van der Waals surface area contributed by atoms with E-state index in [-0.39, 0.29) is 24.4 Å². The number of carbonyl (C=O) groups is 1. The molecule has 1 N–H and O–H groups in total. The number of aromatic nitrogens is 3. The zero-order valence-corrected chi connectivity index (χ0v) is 17.3. The minimum atomic E-state index is -0.174. The highest BCUT2D eigenvalue weighted by atomic mass is 35.5. The molecule has 0 radical (unpaired) electrons. The van der Waals surface area contributed by atoms with Gasteiger partial charge in [-0.3, -0.25) is 9.78 Å². The van der Waals surface area contributed by atoms with Crippen LogP contribution in [0.5, 0.6) is 0 Å². The number of amides is 1. The molecule has 0 unspecified atom stereocenters. The average Bonchev–Trinajstić information content (AvgIpc) is 3.12. The highest BCUT2D eigenvalue weighted by molar-refractivity contribution is 6.30. The Morgan fingerprint density at radius 3 is 2.62 bits per heavy atom. The average molecular weight is 427 g/mol. The number of benzene rings is 2. The fourth-order valence-corrected chi connectivity index (χ4v) is 3.23. The highest BCUT2D eigenvalue weighted by Crippen LogP contribution is 2.18. The van der Waals surface area contributed by atoms with Gasteiger partial charge in [0.15, 0.2) is 0 Å². The molecule has 0 aliphatic heterocycles. The van der Waals surface area contributed by atoms with Gasteiger partial charge >= 0.3 is 0 Å². The maximum atomic E-state index is 12.6. The van der Waals surface area contributed by atoms with Crippen molar-refractivity contribution < 1.29 is 4.79 Å². The number of fused-ring (bicyclic) bond motifs is 1. The largest absolute Gasteiger partial charge is 0.344 e. The summed E-state index contributed by atoms with van der Waals surface area (Å²) in [7, 11) is 0. The van der Waals surface area contributed by atoms with Crippen molar-refractivity contribution in [2.75, 3.05) is 0 Å². The van der Waals surface area contributed by atoms with Crippen LogP contribution in [0.15, 0.2) is 73.2 Å². The molecule has 0 spiro atoms. The van der Waals surface area contributed by atoms with E-state index < -0.39 is 0 Å². The lowest BCUT2D eigenvalue weighted by molar-refractivity contribution is 0.0939. The van der Waals surface area contributed by atoms with Crippen LogP contribution in [0.25, 0.3) is 11.0 Å². The summed E-state index contributed by atoms with van der Waals surface area (Å²) in [5, 5.41) is 3.70. The van der Waals surface area contributed by atoms with Gasteiger partial charge in [-0.25, -0.2) is 4.98 Å². The van der Waals surface area contributed by atoms with Gasteiger partial charge in [-0.15, -0.1) is 12.4 Å². The molecule has 0 fully saturated rings. The molecule has 0 aliphatic carbocycles. The second kappa shape index (κ2) is 9.07. The Kier molecular flexibility index (Phi) is 6.52. The molecule has 1 amide bonds. The van der Waals surface area contributed by atoms with Crippen molar-refractivity contribution in [2.24, 2.45) is 0 Å². The van der Waals surface area contributed by atoms with E-state index in [0.29, 0.717) is 12.1 Å². The number of nitrogens with zero attached hydrogens (tertiary/aromatic N) is 3. The van der Waals surface area contributed by atoms with Gasteiger partial charge in [0.25, 0.3) is 5.91 Å². The Labute approximate surface area is 180 Å². The first-order valence-corrected chi connectivity index (χ1v) is 9.39. The van der Waals surface area contributed by atoms with Crippen molar-refractivity contribution >= 4 is 40.9 Å². The molecule has 29 heavy (non-hydrogen) atoms. The first kappa shape index (κ1) is 20.8. The fraction of sp³-hybridized carbons (Fsp3) is 0.136. The monoisotopic (exact) mass is 426 g/mol. The molecule has 0 bridgehead atoms. The van der Waals surface area contributed by atoms with Crippen LogP contribution < -0.4 is 5.32 Å². The van der Waals surface area contributed by atoms with Crippen LogP contribution in [-0.2, 0) is 6.54 Å². The van der Waals surface area contributed by atoms with Crippen LogP contribution in [-0.4, -0.2) is 20.4 Å². The van der Waals surface area contributed by atoms with E-state index in [1.165, 1.54) is 0 Å². The molecule has 0 saturated carbocycles. The third-order valence-electron chi connectivity index (χ3n) is 4.63. The molecule has 2 aromatic carbocycles. The topological polar surface area (TPSA) is 59.8 Å². The van der Waals surface area contributed by atoms with Crippen molar-refractivity contribution in [1.82, 2.24) is 19.9 Å². The number of halogens is 2. The number of hydrogen-bond acceptors (Lipinski definition) is 3. The number of pyridine rings is 1. The Bertz CT molecular complexity index is 1110. The van der Waals surface area contributed by atoms with E-state index in [1.807, 2.05) is 67.6 Å². The lowest BCUT2D eigenvalue weighted by atomic mass is 10.1. The van der Waals surface area contributed by atoms with Crippen LogP contribution in [0.1, 0.15) is 34.6 Å². The molecule has 1 atom stereocenters. The quantitative estimate of drug-likeness (QED) is 0.485. The highest BCUT2D eigenvalue weighted by Gasteiger charge is 2.14. The molecule has 7 heteroatoms. The Morgan fingerprint density at radius 1 is 1.10 bits per heavy atom. The second-order valence-electron chi connectivity index (χ2n) is 6.65. The summed E-state index contributed by atoms with van der Waals surface area (Å²) in [4.78, 5) is 21.4. The maximum Gasteiger partial charge on any atom is 0.251 e. The van der Waals surface area contributed by atoms with Crippen molar-refractivity contribution in [3.05, 3.63) is 95.0 Å². The van der Waals surface area contributed by atoms with Gasteiger partial charge in [-0.05, 0) is 55.0 Å². The summed E-state index contributed by atoms with van der Waals surface area (Å²) in [5.74, 6) is -0.146. The fourth-order valence-electron chi connectivity index (χ4n) is 3.10. The number of nitrogens with one attached hydrogen (secondary N) is 1. The lowest BCUT2D eigenvalue weighted by Crippen LogP contribution is -2.27.